The number of aryl methyl sites for hydroxylation is 1. The molecule has 16 heavy (non-hydrogen) atoms. The van der Waals surface area contributed by atoms with Gasteiger partial charge in [0.25, 0.3) is 0 Å². The van der Waals surface area contributed by atoms with E-state index in [2.05, 4.69) is 4.98 Å². The van der Waals surface area contributed by atoms with Crippen molar-refractivity contribution in [3.8, 4) is 0 Å². The van der Waals surface area contributed by atoms with Crippen LogP contribution in [0.25, 0.3) is 0 Å². The lowest BCUT2D eigenvalue weighted by Gasteiger charge is -2.15. The van der Waals surface area contributed by atoms with E-state index in [0.29, 0.717) is 6.42 Å². The number of rotatable bonds is 2. The van der Waals surface area contributed by atoms with Gasteiger partial charge < -0.3 is 0 Å². The lowest BCUT2D eigenvalue weighted by Crippen LogP contribution is -2.10. The summed E-state index contributed by atoms with van der Waals surface area (Å²) in [5.41, 5.74) is 1.85. The molecular weight excluding hydrogens is 246 g/mol. The van der Waals surface area contributed by atoms with Crippen molar-refractivity contribution in [2.24, 2.45) is 5.92 Å². The molecule has 0 bridgehead atoms. The largest absolute Gasteiger partial charge is 0.261 e. The maximum atomic E-state index is 11.4. The van der Waals surface area contributed by atoms with E-state index in [0.717, 1.165) is 11.3 Å². The Morgan fingerprint density at radius 1 is 1.50 bits per heavy atom. The van der Waals surface area contributed by atoms with Gasteiger partial charge in [-0.2, -0.15) is 0 Å². The minimum atomic E-state index is -2.86. The number of hydrogen-bond donors (Lipinski definition) is 0. The summed E-state index contributed by atoms with van der Waals surface area (Å²) in [6.45, 7) is 1.91. The predicted molar refractivity (Wildman–Crippen MR) is 64.3 cm³/mol. The van der Waals surface area contributed by atoms with Crippen LogP contribution in [-0.2, 0) is 9.84 Å². The Hall–Kier alpha value is -0.610. The first-order chi connectivity index (χ1) is 7.48. The lowest BCUT2D eigenvalue weighted by molar-refractivity contribution is 0.568. The molecule has 2 atom stereocenters. The highest BCUT2D eigenvalue weighted by atomic mass is 35.5. The second kappa shape index (κ2) is 4.34. The zero-order valence-electron chi connectivity index (χ0n) is 9.06. The van der Waals surface area contributed by atoms with E-state index < -0.39 is 9.84 Å². The summed E-state index contributed by atoms with van der Waals surface area (Å²) < 4.78 is 22.7. The third-order valence-corrected chi connectivity index (χ3v) is 5.34. The molecule has 2 unspecified atom stereocenters. The Kier molecular flexibility index (Phi) is 3.22. The van der Waals surface area contributed by atoms with Gasteiger partial charge in [-0.3, -0.25) is 4.98 Å². The normalized spacial score (nSPS) is 25.5. The molecule has 0 aromatic carbocycles. The fourth-order valence-corrected chi connectivity index (χ4v) is 4.26. The van der Waals surface area contributed by atoms with Crippen molar-refractivity contribution in [1.82, 2.24) is 4.98 Å². The van der Waals surface area contributed by atoms with E-state index in [9.17, 15) is 8.42 Å². The van der Waals surface area contributed by atoms with Crippen molar-refractivity contribution in [1.29, 1.82) is 0 Å². The molecule has 1 saturated heterocycles. The molecule has 2 rings (SSSR count). The van der Waals surface area contributed by atoms with Gasteiger partial charge in [0, 0.05) is 11.9 Å². The first kappa shape index (κ1) is 11.9. The second-order valence-electron chi connectivity index (χ2n) is 4.30. The summed E-state index contributed by atoms with van der Waals surface area (Å²) in [5, 5.41) is -0.245. The van der Waals surface area contributed by atoms with E-state index in [1.165, 1.54) is 0 Å². The average Bonchev–Trinajstić information content (AvgIpc) is 2.59. The van der Waals surface area contributed by atoms with Crippen molar-refractivity contribution in [2.45, 2.75) is 18.7 Å². The van der Waals surface area contributed by atoms with Gasteiger partial charge in [-0.25, -0.2) is 8.42 Å². The predicted octanol–water partition coefficient (Wildman–Crippen LogP) is 2.10. The second-order valence-corrected chi connectivity index (χ2v) is 7.00. The molecule has 0 N–H and O–H groups in total. The average molecular weight is 260 g/mol. The van der Waals surface area contributed by atoms with Crippen LogP contribution in [0.1, 0.15) is 23.1 Å². The fraction of sp³-hybridized carbons (Fsp3) is 0.545. The van der Waals surface area contributed by atoms with E-state index >= 15 is 0 Å². The minimum Gasteiger partial charge on any atom is -0.261 e. The lowest BCUT2D eigenvalue weighted by atomic mass is 9.99. The van der Waals surface area contributed by atoms with E-state index in [1.807, 2.05) is 19.1 Å². The monoisotopic (exact) mass is 259 g/mol. The van der Waals surface area contributed by atoms with Crippen molar-refractivity contribution >= 4 is 21.4 Å². The van der Waals surface area contributed by atoms with Crippen LogP contribution < -0.4 is 0 Å². The van der Waals surface area contributed by atoms with Crippen LogP contribution in [0.3, 0.4) is 0 Å². The number of aromatic nitrogens is 1. The van der Waals surface area contributed by atoms with Crippen LogP contribution in [0, 0.1) is 12.8 Å². The zero-order chi connectivity index (χ0) is 11.8. The fourth-order valence-electron chi connectivity index (χ4n) is 1.97. The molecule has 1 fully saturated rings. The van der Waals surface area contributed by atoms with Gasteiger partial charge in [0.05, 0.1) is 16.9 Å². The van der Waals surface area contributed by atoms with E-state index in [4.69, 9.17) is 11.6 Å². The smallest absolute Gasteiger partial charge is 0.150 e. The number of pyridine rings is 1. The van der Waals surface area contributed by atoms with Crippen LogP contribution in [0.15, 0.2) is 18.3 Å². The van der Waals surface area contributed by atoms with Gasteiger partial charge in [-0.05, 0) is 30.9 Å². The topological polar surface area (TPSA) is 47.0 Å². The highest BCUT2D eigenvalue weighted by Crippen LogP contribution is 2.35. The van der Waals surface area contributed by atoms with Gasteiger partial charge in [-0.1, -0.05) is 6.07 Å². The maximum Gasteiger partial charge on any atom is 0.150 e. The molecule has 0 aliphatic carbocycles. The Balaban J connectivity index is 2.14. The van der Waals surface area contributed by atoms with Gasteiger partial charge >= 0.3 is 0 Å². The number of nitrogens with zero attached hydrogens (tertiary/aromatic N) is 1. The highest BCUT2D eigenvalue weighted by molar-refractivity contribution is 7.91. The Morgan fingerprint density at radius 3 is 2.75 bits per heavy atom. The van der Waals surface area contributed by atoms with E-state index in [1.54, 1.807) is 6.20 Å². The van der Waals surface area contributed by atoms with Crippen LogP contribution in [-0.4, -0.2) is 24.9 Å². The first-order valence-electron chi connectivity index (χ1n) is 5.25. The molecule has 3 nitrogen and oxygen atoms in total. The summed E-state index contributed by atoms with van der Waals surface area (Å²) in [6, 6.07) is 3.82. The minimum absolute atomic E-state index is 0.0242. The zero-order valence-corrected chi connectivity index (χ0v) is 10.6. The van der Waals surface area contributed by atoms with Gasteiger partial charge in [-0.15, -0.1) is 11.6 Å². The summed E-state index contributed by atoms with van der Waals surface area (Å²) in [6.07, 6.45) is 2.39. The standard InChI is InChI=1S/C11H14ClNO2S/c1-8-2-3-9(6-13-8)11(12)10-4-5-16(14,15)7-10/h2-3,6,10-11H,4-5,7H2,1H3. The van der Waals surface area contributed by atoms with Crippen molar-refractivity contribution in [3.05, 3.63) is 29.6 Å². The van der Waals surface area contributed by atoms with Gasteiger partial charge in [0.1, 0.15) is 0 Å². The summed E-state index contributed by atoms with van der Waals surface area (Å²) in [4.78, 5) is 4.17. The quantitative estimate of drug-likeness (QED) is 0.765. The summed E-state index contributed by atoms with van der Waals surface area (Å²) in [7, 11) is -2.86. The molecule has 0 spiro atoms. The number of hydrogen-bond acceptors (Lipinski definition) is 3. The number of sulfone groups is 1. The Morgan fingerprint density at radius 2 is 2.25 bits per heavy atom. The molecule has 1 aromatic heterocycles. The van der Waals surface area contributed by atoms with Crippen molar-refractivity contribution < 1.29 is 8.42 Å². The summed E-state index contributed by atoms with van der Waals surface area (Å²) >= 11 is 6.29. The molecule has 88 valence electrons. The third kappa shape index (κ3) is 2.55. The molecule has 2 heterocycles. The van der Waals surface area contributed by atoms with Crippen molar-refractivity contribution in [2.75, 3.05) is 11.5 Å². The third-order valence-electron chi connectivity index (χ3n) is 2.93. The van der Waals surface area contributed by atoms with Crippen LogP contribution in [0.2, 0.25) is 0 Å². The first-order valence-corrected chi connectivity index (χ1v) is 7.51. The van der Waals surface area contributed by atoms with Crippen LogP contribution in [0.4, 0.5) is 0 Å². The molecule has 0 radical (unpaired) electrons. The molecule has 1 aromatic rings. The maximum absolute atomic E-state index is 11.4. The Bertz CT molecular complexity index is 469. The van der Waals surface area contributed by atoms with Crippen molar-refractivity contribution in [3.63, 3.8) is 0 Å². The molecule has 1 aliphatic rings. The number of halogens is 1. The summed E-state index contributed by atoms with van der Waals surface area (Å²) in [5.74, 6) is 0.492. The van der Waals surface area contributed by atoms with Crippen LogP contribution >= 0.6 is 11.6 Å². The highest BCUT2D eigenvalue weighted by Gasteiger charge is 2.33. The molecule has 1 aliphatic heterocycles. The SMILES string of the molecule is Cc1ccc(C(Cl)C2CCS(=O)(=O)C2)cn1. The van der Waals surface area contributed by atoms with E-state index in [-0.39, 0.29) is 22.8 Å². The van der Waals surface area contributed by atoms with Gasteiger partial charge in [0.2, 0.25) is 0 Å². The van der Waals surface area contributed by atoms with Crippen LogP contribution in [0.5, 0.6) is 0 Å². The Labute approximate surface area is 101 Å². The number of alkyl halides is 1. The molecular formula is C11H14ClNO2S. The van der Waals surface area contributed by atoms with Gasteiger partial charge in [0.15, 0.2) is 9.84 Å². The molecule has 0 amide bonds. The molecule has 0 saturated carbocycles. The molecule has 5 heteroatoms.